The number of halogens is 1. The van der Waals surface area contributed by atoms with E-state index < -0.39 is 11.6 Å². The van der Waals surface area contributed by atoms with Gasteiger partial charge < -0.3 is 14.1 Å². The minimum Gasteiger partial charge on any atom is -0.458 e. The highest BCUT2D eigenvalue weighted by atomic mass is 35.5. The molecule has 6 heteroatoms. The standard InChI is InChI=1S/C14H18ClNO4/c1-14(2,3)20-13(18)9-5-4-8-16(9)12(17)10-6-7-11(15)19-10/h6-7,9H,4-5,8H2,1-3H3/t9-/m0/s1. The maximum Gasteiger partial charge on any atom is 0.329 e. The average Bonchev–Trinajstić information content (AvgIpc) is 2.93. The lowest BCUT2D eigenvalue weighted by molar-refractivity contribution is -0.159. The summed E-state index contributed by atoms with van der Waals surface area (Å²) < 4.78 is 10.5. The molecule has 5 nitrogen and oxygen atoms in total. The van der Waals surface area contributed by atoms with Crippen LogP contribution in [0.4, 0.5) is 0 Å². The maximum atomic E-state index is 12.3. The third-order valence-electron chi connectivity index (χ3n) is 2.98. The van der Waals surface area contributed by atoms with E-state index >= 15 is 0 Å². The van der Waals surface area contributed by atoms with E-state index in [2.05, 4.69) is 0 Å². The van der Waals surface area contributed by atoms with Gasteiger partial charge in [-0.05, 0) is 57.3 Å². The monoisotopic (exact) mass is 299 g/mol. The van der Waals surface area contributed by atoms with Crippen molar-refractivity contribution in [2.75, 3.05) is 6.54 Å². The van der Waals surface area contributed by atoms with Crippen molar-refractivity contribution in [1.82, 2.24) is 4.90 Å². The van der Waals surface area contributed by atoms with Crippen molar-refractivity contribution in [1.29, 1.82) is 0 Å². The molecule has 0 aliphatic carbocycles. The normalized spacial score (nSPS) is 19.2. The lowest BCUT2D eigenvalue weighted by Gasteiger charge is -2.26. The second-order valence-electron chi connectivity index (χ2n) is 5.79. The molecule has 0 bridgehead atoms. The Balaban J connectivity index is 2.11. The number of esters is 1. The first-order valence-corrected chi connectivity index (χ1v) is 6.95. The molecular formula is C14H18ClNO4. The summed E-state index contributed by atoms with van der Waals surface area (Å²) in [6, 6.07) is 2.47. The first-order chi connectivity index (χ1) is 9.28. The van der Waals surface area contributed by atoms with Gasteiger partial charge in [-0.15, -0.1) is 0 Å². The van der Waals surface area contributed by atoms with E-state index in [0.717, 1.165) is 6.42 Å². The number of amides is 1. The van der Waals surface area contributed by atoms with Gasteiger partial charge in [-0.3, -0.25) is 4.79 Å². The number of carbonyl (C=O) groups is 2. The van der Waals surface area contributed by atoms with Crippen LogP contribution in [0.1, 0.15) is 44.2 Å². The van der Waals surface area contributed by atoms with Gasteiger partial charge >= 0.3 is 5.97 Å². The number of likely N-dealkylation sites (tertiary alicyclic amines) is 1. The van der Waals surface area contributed by atoms with Gasteiger partial charge in [0.25, 0.3) is 5.91 Å². The zero-order valence-corrected chi connectivity index (χ0v) is 12.6. The fraction of sp³-hybridized carbons (Fsp3) is 0.571. The Labute approximate surface area is 122 Å². The Bertz CT molecular complexity index is 517. The number of hydrogen-bond acceptors (Lipinski definition) is 4. The molecule has 1 aromatic heterocycles. The van der Waals surface area contributed by atoms with Gasteiger partial charge in [0.05, 0.1) is 0 Å². The second kappa shape index (κ2) is 5.48. The molecule has 1 aliphatic rings. The minimum absolute atomic E-state index is 0.144. The number of furan rings is 1. The van der Waals surface area contributed by atoms with Crippen LogP contribution < -0.4 is 0 Å². The van der Waals surface area contributed by atoms with E-state index in [4.69, 9.17) is 20.8 Å². The molecule has 0 radical (unpaired) electrons. The highest BCUT2D eigenvalue weighted by Crippen LogP contribution is 2.24. The lowest BCUT2D eigenvalue weighted by Crippen LogP contribution is -2.43. The zero-order valence-electron chi connectivity index (χ0n) is 11.8. The Morgan fingerprint density at radius 3 is 2.65 bits per heavy atom. The van der Waals surface area contributed by atoms with Crippen molar-refractivity contribution in [3.8, 4) is 0 Å². The zero-order chi connectivity index (χ0) is 14.9. The molecule has 1 aliphatic heterocycles. The Kier molecular flexibility index (Phi) is 4.09. The fourth-order valence-electron chi connectivity index (χ4n) is 2.20. The van der Waals surface area contributed by atoms with Gasteiger partial charge in [0, 0.05) is 6.54 Å². The van der Waals surface area contributed by atoms with E-state index in [1.165, 1.54) is 17.0 Å². The molecule has 1 amide bonds. The molecule has 1 fully saturated rings. The minimum atomic E-state index is -0.567. The van der Waals surface area contributed by atoms with Gasteiger partial charge in [-0.25, -0.2) is 4.79 Å². The molecule has 20 heavy (non-hydrogen) atoms. The molecule has 0 spiro atoms. The van der Waals surface area contributed by atoms with E-state index in [0.29, 0.717) is 13.0 Å². The summed E-state index contributed by atoms with van der Waals surface area (Å²) in [5, 5.41) is 0.154. The van der Waals surface area contributed by atoms with Crippen LogP contribution in [0, 0.1) is 0 Å². The molecule has 0 N–H and O–H groups in total. The van der Waals surface area contributed by atoms with Crippen LogP contribution in [0.2, 0.25) is 5.22 Å². The summed E-state index contributed by atoms with van der Waals surface area (Å²) in [6.45, 7) is 5.93. The summed E-state index contributed by atoms with van der Waals surface area (Å²) in [4.78, 5) is 25.9. The van der Waals surface area contributed by atoms with E-state index in [-0.39, 0.29) is 22.9 Å². The summed E-state index contributed by atoms with van der Waals surface area (Å²) in [5.74, 6) is -0.559. The summed E-state index contributed by atoms with van der Waals surface area (Å²) in [7, 11) is 0. The van der Waals surface area contributed by atoms with Crippen LogP contribution in [-0.4, -0.2) is 35.0 Å². The van der Waals surface area contributed by atoms with Crippen molar-refractivity contribution in [2.45, 2.75) is 45.3 Å². The maximum absolute atomic E-state index is 12.3. The van der Waals surface area contributed by atoms with E-state index in [1.54, 1.807) is 20.8 Å². The third-order valence-corrected chi connectivity index (χ3v) is 3.18. The van der Waals surface area contributed by atoms with Gasteiger partial charge in [0.1, 0.15) is 11.6 Å². The topological polar surface area (TPSA) is 59.8 Å². The van der Waals surface area contributed by atoms with Crippen LogP contribution in [0.25, 0.3) is 0 Å². The predicted molar refractivity (Wildman–Crippen MR) is 73.6 cm³/mol. The summed E-state index contributed by atoms with van der Waals surface area (Å²) >= 11 is 5.67. The van der Waals surface area contributed by atoms with E-state index in [9.17, 15) is 9.59 Å². The molecule has 1 saturated heterocycles. The molecule has 1 atom stereocenters. The summed E-state index contributed by atoms with van der Waals surface area (Å²) in [5.41, 5.74) is -0.567. The highest BCUT2D eigenvalue weighted by molar-refractivity contribution is 6.29. The third kappa shape index (κ3) is 3.33. The predicted octanol–water partition coefficient (Wildman–Crippen LogP) is 2.88. The van der Waals surface area contributed by atoms with Crippen LogP contribution in [-0.2, 0) is 9.53 Å². The number of carbonyl (C=O) groups excluding carboxylic acids is 2. The van der Waals surface area contributed by atoms with Crippen LogP contribution in [0.15, 0.2) is 16.5 Å². The number of rotatable bonds is 2. The average molecular weight is 300 g/mol. The van der Waals surface area contributed by atoms with Crippen molar-refractivity contribution < 1.29 is 18.7 Å². The molecular weight excluding hydrogens is 282 g/mol. The first kappa shape index (κ1) is 14.9. The highest BCUT2D eigenvalue weighted by Gasteiger charge is 2.38. The van der Waals surface area contributed by atoms with Crippen LogP contribution in [0.3, 0.4) is 0 Å². The second-order valence-corrected chi connectivity index (χ2v) is 6.17. The number of ether oxygens (including phenoxy) is 1. The van der Waals surface area contributed by atoms with Crippen molar-refractivity contribution in [3.05, 3.63) is 23.1 Å². The Morgan fingerprint density at radius 1 is 1.40 bits per heavy atom. The fourth-order valence-corrected chi connectivity index (χ4v) is 2.34. The van der Waals surface area contributed by atoms with Crippen molar-refractivity contribution in [2.24, 2.45) is 0 Å². The Hall–Kier alpha value is -1.49. The summed E-state index contributed by atoms with van der Waals surface area (Å²) in [6.07, 6.45) is 1.37. The van der Waals surface area contributed by atoms with Gasteiger partial charge in [-0.2, -0.15) is 0 Å². The molecule has 1 aromatic rings. The van der Waals surface area contributed by atoms with Gasteiger partial charge in [-0.1, -0.05) is 0 Å². The molecule has 2 heterocycles. The largest absolute Gasteiger partial charge is 0.458 e. The lowest BCUT2D eigenvalue weighted by atomic mass is 10.1. The molecule has 0 unspecified atom stereocenters. The SMILES string of the molecule is CC(C)(C)OC(=O)[C@@H]1CCCN1C(=O)c1ccc(Cl)o1. The molecule has 0 saturated carbocycles. The van der Waals surface area contributed by atoms with Crippen molar-refractivity contribution in [3.63, 3.8) is 0 Å². The van der Waals surface area contributed by atoms with Gasteiger partial charge in [0.2, 0.25) is 0 Å². The number of hydrogen-bond donors (Lipinski definition) is 0. The van der Waals surface area contributed by atoms with Gasteiger partial charge in [0.15, 0.2) is 11.0 Å². The molecule has 110 valence electrons. The smallest absolute Gasteiger partial charge is 0.329 e. The van der Waals surface area contributed by atoms with Crippen molar-refractivity contribution >= 4 is 23.5 Å². The number of nitrogens with zero attached hydrogens (tertiary/aromatic N) is 1. The van der Waals surface area contributed by atoms with Crippen LogP contribution in [0.5, 0.6) is 0 Å². The van der Waals surface area contributed by atoms with Crippen LogP contribution >= 0.6 is 11.6 Å². The first-order valence-electron chi connectivity index (χ1n) is 6.57. The molecule has 0 aromatic carbocycles. The Morgan fingerprint density at radius 2 is 2.10 bits per heavy atom. The quantitative estimate of drug-likeness (QED) is 0.788. The van der Waals surface area contributed by atoms with E-state index in [1.807, 2.05) is 0 Å². The molecule has 2 rings (SSSR count).